The van der Waals surface area contributed by atoms with Crippen molar-refractivity contribution in [2.45, 2.75) is 122 Å². The summed E-state index contributed by atoms with van der Waals surface area (Å²) in [6.07, 6.45) is 13.4. The number of aromatic nitrogens is 2. The summed E-state index contributed by atoms with van der Waals surface area (Å²) in [5.74, 6) is 0.987. The predicted molar refractivity (Wildman–Crippen MR) is 167 cm³/mol. The van der Waals surface area contributed by atoms with Crippen LogP contribution in [-0.4, -0.2) is 99.8 Å². The van der Waals surface area contributed by atoms with E-state index in [4.69, 9.17) is 9.47 Å². The van der Waals surface area contributed by atoms with E-state index in [2.05, 4.69) is 35.6 Å². The van der Waals surface area contributed by atoms with Crippen molar-refractivity contribution in [3.63, 3.8) is 0 Å². The van der Waals surface area contributed by atoms with E-state index in [1.807, 2.05) is 23.6 Å². The first-order valence-corrected chi connectivity index (χ1v) is 17.1. The number of piperidine rings is 2. The van der Waals surface area contributed by atoms with Crippen molar-refractivity contribution in [2.75, 3.05) is 45.9 Å². The molecule has 4 aliphatic rings. The maximum atomic E-state index is 13.5. The Bertz CT molecular complexity index is 1080. The predicted octanol–water partition coefficient (Wildman–Crippen LogP) is 5.78. The lowest BCUT2D eigenvalue weighted by molar-refractivity contribution is -0.135. The first-order chi connectivity index (χ1) is 20.7. The Morgan fingerprint density at radius 2 is 1.65 bits per heavy atom. The fraction of sp³-hybridized carbons (Fsp3) is 0.824. The number of hydrogen-bond acceptors (Lipinski definition) is 7. The van der Waals surface area contributed by atoms with Crippen molar-refractivity contribution in [1.82, 2.24) is 24.7 Å². The first kappa shape index (κ1) is 32.1. The summed E-state index contributed by atoms with van der Waals surface area (Å²) < 4.78 is 12.3. The largest absolute Gasteiger partial charge is 0.442 e. The van der Waals surface area contributed by atoms with Crippen molar-refractivity contribution < 1.29 is 19.1 Å². The summed E-state index contributed by atoms with van der Waals surface area (Å²) in [5, 5.41) is 0. The molecular formula is C34H55N5O4. The summed E-state index contributed by atoms with van der Waals surface area (Å²) in [6.45, 7) is 16.2. The summed E-state index contributed by atoms with van der Waals surface area (Å²) in [5.41, 5.74) is 1.84. The lowest BCUT2D eigenvalue weighted by Gasteiger charge is -2.55. The van der Waals surface area contributed by atoms with Gasteiger partial charge in [0.25, 0.3) is 5.91 Å². The van der Waals surface area contributed by atoms with Gasteiger partial charge in [0.15, 0.2) is 0 Å². The van der Waals surface area contributed by atoms with Crippen molar-refractivity contribution in [1.29, 1.82) is 0 Å². The van der Waals surface area contributed by atoms with Crippen molar-refractivity contribution in [2.24, 2.45) is 11.8 Å². The van der Waals surface area contributed by atoms with Crippen LogP contribution >= 0.6 is 0 Å². The van der Waals surface area contributed by atoms with Crippen LogP contribution in [0.1, 0.15) is 113 Å². The van der Waals surface area contributed by atoms with Gasteiger partial charge in [0.2, 0.25) is 0 Å². The van der Waals surface area contributed by atoms with Crippen LogP contribution in [0.15, 0.2) is 6.33 Å². The van der Waals surface area contributed by atoms with Crippen LogP contribution in [-0.2, 0) is 9.47 Å². The van der Waals surface area contributed by atoms with E-state index in [0.717, 1.165) is 121 Å². The second-order valence-corrected chi connectivity index (χ2v) is 14.0. The minimum Gasteiger partial charge on any atom is -0.442 e. The molecule has 9 nitrogen and oxygen atoms in total. The summed E-state index contributed by atoms with van der Waals surface area (Å²) in [4.78, 5) is 42.0. The molecule has 0 bridgehead atoms. The minimum atomic E-state index is -0.346. The van der Waals surface area contributed by atoms with Crippen LogP contribution in [0.4, 0.5) is 4.79 Å². The Hall–Kier alpha value is -2.26. The van der Waals surface area contributed by atoms with Gasteiger partial charge in [-0.15, -0.1) is 0 Å². The zero-order valence-corrected chi connectivity index (χ0v) is 27.4. The lowest BCUT2D eigenvalue weighted by atomic mass is 9.74. The second kappa shape index (κ2) is 13.8. The molecule has 0 radical (unpaired) electrons. The highest BCUT2D eigenvalue weighted by atomic mass is 16.6. The molecule has 1 saturated carbocycles. The molecule has 0 N–H and O–H groups in total. The van der Waals surface area contributed by atoms with Gasteiger partial charge in [0, 0.05) is 70.2 Å². The number of carbonyl (C=O) groups is 2. The molecular weight excluding hydrogens is 542 g/mol. The summed E-state index contributed by atoms with van der Waals surface area (Å²) in [7, 11) is 0. The molecule has 4 fully saturated rings. The number of hydrogen-bond donors (Lipinski definition) is 0. The molecule has 1 spiro atoms. The zero-order chi connectivity index (χ0) is 30.6. The number of nitrogens with zero attached hydrogens (tertiary/aromatic N) is 5. The van der Waals surface area contributed by atoms with Gasteiger partial charge in [-0.2, -0.15) is 0 Å². The number of likely N-dealkylation sites (tertiary alicyclic amines) is 2. The van der Waals surface area contributed by atoms with E-state index in [9.17, 15) is 9.59 Å². The highest BCUT2D eigenvalue weighted by molar-refractivity contribution is 5.96. The molecule has 1 unspecified atom stereocenters. The second-order valence-electron chi connectivity index (χ2n) is 14.0. The highest BCUT2D eigenvalue weighted by Gasteiger charge is 2.51. The third-order valence-electron chi connectivity index (χ3n) is 11.3. The molecule has 1 aromatic heterocycles. The van der Waals surface area contributed by atoms with Crippen LogP contribution < -0.4 is 0 Å². The molecule has 43 heavy (non-hydrogen) atoms. The molecule has 4 heterocycles. The lowest BCUT2D eigenvalue weighted by Crippen LogP contribution is -2.64. The van der Waals surface area contributed by atoms with E-state index in [0.29, 0.717) is 23.5 Å². The van der Waals surface area contributed by atoms with E-state index < -0.39 is 0 Å². The van der Waals surface area contributed by atoms with Gasteiger partial charge in [0.05, 0.1) is 23.1 Å². The molecule has 3 aliphatic heterocycles. The summed E-state index contributed by atoms with van der Waals surface area (Å²) >= 11 is 0. The Morgan fingerprint density at radius 1 is 1.00 bits per heavy atom. The SMILES string of the molecule is CCCCC1CN(C[C@H]2CC[C@@H](OCC)CC2)C(=O)OC12CCN(C1(C)CCN(C(=O)c3c(C)ncnc3C)CC1)CC2. The summed E-state index contributed by atoms with van der Waals surface area (Å²) in [6, 6.07) is 0. The van der Waals surface area contributed by atoms with E-state index in [1.165, 1.54) is 12.7 Å². The Labute approximate surface area is 259 Å². The normalized spacial score (nSPS) is 27.7. The Kier molecular flexibility index (Phi) is 10.3. The highest BCUT2D eigenvalue weighted by Crippen LogP contribution is 2.44. The fourth-order valence-electron chi connectivity index (χ4n) is 8.31. The van der Waals surface area contributed by atoms with Crippen LogP contribution in [0.25, 0.3) is 0 Å². The van der Waals surface area contributed by atoms with Crippen LogP contribution in [0.2, 0.25) is 0 Å². The van der Waals surface area contributed by atoms with Crippen molar-refractivity contribution in [3.05, 3.63) is 23.3 Å². The van der Waals surface area contributed by atoms with Gasteiger partial charge >= 0.3 is 6.09 Å². The Balaban J connectivity index is 1.17. The third-order valence-corrected chi connectivity index (χ3v) is 11.3. The van der Waals surface area contributed by atoms with Crippen LogP contribution in [0, 0.1) is 25.7 Å². The van der Waals surface area contributed by atoms with Gasteiger partial charge < -0.3 is 19.3 Å². The number of aryl methyl sites for hydroxylation is 2. The zero-order valence-electron chi connectivity index (χ0n) is 27.4. The smallest absolute Gasteiger partial charge is 0.410 e. The number of ether oxygens (including phenoxy) is 2. The van der Waals surface area contributed by atoms with Gasteiger partial charge in [-0.3, -0.25) is 9.69 Å². The first-order valence-electron chi connectivity index (χ1n) is 17.1. The monoisotopic (exact) mass is 597 g/mol. The van der Waals surface area contributed by atoms with Gasteiger partial charge in [-0.1, -0.05) is 19.8 Å². The van der Waals surface area contributed by atoms with E-state index >= 15 is 0 Å². The third kappa shape index (κ3) is 7.03. The maximum absolute atomic E-state index is 13.5. The van der Waals surface area contributed by atoms with Gasteiger partial charge in [0.1, 0.15) is 11.9 Å². The van der Waals surface area contributed by atoms with Gasteiger partial charge in [-0.05, 0) is 78.6 Å². The molecule has 1 aliphatic carbocycles. The molecule has 1 atom stereocenters. The van der Waals surface area contributed by atoms with Gasteiger partial charge in [-0.25, -0.2) is 14.8 Å². The van der Waals surface area contributed by atoms with Crippen molar-refractivity contribution in [3.8, 4) is 0 Å². The average molecular weight is 598 g/mol. The van der Waals surface area contributed by atoms with E-state index in [-0.39, 0.29) is 23.1 Å². The van der Waals surface area contributed by atoms with E-state index in [1.54, 1.807) is 0 Å². The minimum absolute atomic E-state index is 0.0413. The van der Waals surface area contributed by atoms with Crippen LogP contribution in [0.5, 0.6) is 0 Å². The molecule has 3 saturated heterocycles. The average Bonchev–Trinajstić information content (AvgIpc) is 2.99. The molecule has 240 valence electrons. The number of unbranched alkanes of at least 4 members (excludes halogenated alkanes) is 1. The number of rotatable bonds is 9. The molecule has 1 aromatic rings. The van der Waals surface area contributed by atoms with Crippen LogP contribution in [0.3, 0.4) is 0 Å². The topological polar surface area (TPSA) is 88.1 Å². The fourth-order valence-corrected chi connectivity index (χ4v) is 8.31. The molecule has 2 amide bonds. The van der Waals surface area contributed by atoms with Crippen molar-refractivity contribution >= 4 is 12.0 Å². The molecule has 9 heteroatoms. The standard InChI is InChI=1S/C34H55N5O4/c1-6-8-9-28-23-38(22-27-10-12-29(13-11-27)42-7-2)32(41)43-34(28)16-20-39(21-17-34)33(5)14-18-37(19-15-33)31(40)30-25(3)35-24-36-26(30)4/h24,27-29H,6-23H2,1-5H3/t27-,28?,29+. The molecule has 5 rings (SSSR count). The number of amides is 2. The Morgan fingerprint density at radius 3 is 2.26 bits per heavy atom. The maximum Gasteiger partial charge on any atom is 0.410 e. The molecule has 0 aromatic carbocycles. The quantitative estimate of drug-likeness (QED) is 0.357. The number of carbonyl (C=O) groups excluding carboxylic acids is 2.